The molecule has 1 amide bonds. The zero-order chi connectivity index (χ0) is 23.9. The SMILES string of the molecule is Cn1cc(N2CCCc3c(-c4nc(N[C@H]5CCCNC5)ncc4C(F)(F)F)c[nH]c3C2=O)cn1. The van der Waals surface area contributed by atoms with Crippen LogP contribution < -0.4 is 15.5 Å². The third kappa shape index (κ3) is 4.25. The van der Waals surface area contributed by atoms with E-state index in [1.165, 1.54) is 6.20 Å². The fourth-order valence-electron chi connectivity index (χ4n) is 4.58. The van der Waals surface area contributed by atoms with Gasteiger partial charge in [-0.2, -0.15) is 18.3 Å². The van der Waals surface area contributed by atoms with Crippen molar-refractivity contribution >= 4 is 17.5 Å². The second-order valence-corrected chi connectivity index (χ2v) is 8.63. The summed E-state index contributed by atoms with van der Waals surface area (Å²) in [6.45, 7) is 2.04. The van der Waals surface area contributed by atoms with Gasteiger partial charge in [-0.25, -0.2) is 9.97 Å². The Balaban J connectivity index is 1.53. The number of aryl methyl sites for hydroxylation is 1. The predicted molar refractivity (Wildman–Crippen MR) is 120 cm³/mol. The molecule has 3 N–H and O–H groups in total. The Bertz CT molecular complexity index is 1200. The highest BCUT2D eigenvalue weighted by atomic mass is 19.4. The Labute approximate surface area is 193 Å². The molecule has 34 heavy (non-hydrogen) atoms. The Morgan fingerprint density at radius 3 is 2.79 bits per heavy atom. The van der Waals surface area contributed by atoms with Gasteiger partial charge in [0.1, 0.15) is 11.3 Å². The third-order valence-electron chi connectivity index (χ3n) is 6.24. The number of carbonyl (C=O) groups excluding carboxylic acids is 1. The first-order chi connectivity index (χ1) is 16.3. The molecule has 180 valence electrons. The van der Waals surface area contributed by atoms with Crippen molar-refractivity contribution in [2.75, 3.05) is 29.9 Å². The van der Waals surface area contributed by atoms with Gasteiger partial charge in [0.05, 0.1) is 17.6 Å². The molecule has 5 heterocycles. The average molecular weight is 474 g/mol. The lowest BCUT2D eigenvalue weighted by Gasteiger charge is -2.24. The molecule has 3 aromatic heterocycles. The summed E-state index contributed by atoms with van der Waals surface area (Å²) in [5.74, 6) is -0.162. The van der Waals surface area contributed by atoms with Crippen LogP contribution in [0.3, 0.4) is 0 Å². The van der Waals surface area contributed by atoms with Crippen LogP contribution in [-0.4, -0.2) is 56.3 Å². The minimum atomic E-state index is -4.64. The molecule has 12 heteroatoms. The maximum absolute atomic E-state index is 13.9. The summed E-state index contributed by atoms with van der Waals surface area (Å²) in [5.41, 5.74) is 0.564. The van der Waals surface area contributed by atoms with Crippen molar-refractivity contribution < 1.29 is 18.0 Å². The number of hydrogen-bond donors (Lipinski definition) is 3. The lowest BCUT2D eigenvalue weighted by atomic mass is 10.0. The second kappa shape index (κ2) is 8.75. The van der Waals surface area contributed by atoms with Gasteiger partial charge in [-0.05, 0) is 37.8 Å². The number of anilines is 2. The number of aromatic nitrogens is 5. The Morgan fingerprint density at radius 2 is 2.09 bits per heavy atom. The van der Waals surface area contributed by atoms with E-state index < -0.39 is 11.7 Å². The maximum atomic E-state index is 13.9. The molecule has 0 unspecified atom stereocenters. The highest BCUT2D eigenvalue weighted by molar-refractivity contribution is 6.07. The van der Waals surface area contributed by atoms with Crippen molar-refractivity contribution in [3.63, 3.8) is 0 Å². The molecular formula is C22H25F3N8O. The quantitative estimate of drug-likeness (QED) is 0.537. The normalized spacial score (nSPS) is 19.1. The highest BCUT2D eigenvalue weighted by Crippen LogP contribution is 2.39. The minimum absolute atomic E-state index is 0.0382. The fourth-order valence-corrected chi connectivity index (χ4v) is 4.58. The molecule has 2 aliphatic rings. The molecule has 2 aliphatic heterocycles. The molecule has 1 saturated heterocycles. The van der Waals surface area contributed by atoms with Gasteiger partial charge in [-0.3, -0.25) is 9.48 Å². The summed E-state index contributed by atoms with van der Waals surface area (Å²) in [6.07, 6.45) is 3.82. The Morgan fingerprint density at radius 1 is 1.24 bits per heavy atom. The highest BCUT2D eigenvalue weighted by Gasteiger charge is 2.37. The molecule has 0 bridgehead atoms. The molecular weight excluding hydrogens is 449 g/mol. The number of halogens is 3. The largest absolute Gasteiger partial charge is 0.419 e. The van der Waals surface area contributed by atoms with E-state index in [4.69, 9.17) is 0 Å². The number of nitrogens with one attached hydrogen (secondary N) is 3. The Kier molecular flexibility index (Phi) is 5.76. The van der Waals surface area contributed by atoms with E-state index in [-0.39, 0.29) is 34.8 Å². The van der Waals surface area contributed by atoms with E-state index in [1.807, 2.05) is 0 Å². The number of rotatable bonds is 4. The van der Waals surface area contributed by atoms with Gasteiger partial charge in [0, 0.05) is 50.3 Å². The first-order valence-electron chi connectivity index (χ1n) is 11.2. The summed E-state index contributed by atoms with van der Waals surface area (Å²) in [5, 5.41) is 10.5. The van der Waals surface area contributed by atoms with E-state index in [0.29, 0.717) is 37.2 Å². The molecule has 0 radical (unpaired) electrons. The predicted octanol–water partition coefficient (Wildman–Crippen LogP) is 2.98. The van der Waals surface area contributed by atoms with Crippen molar-refractivity contribution in [2.45, 2.75) is 37.9 Å². The molecule has 1 fully saturated rings. The van der Waals surface area contributed by atoms with E-state index in [0.717, 1.165) is 25.6 Å². The molecule has 5 rings (SSSR count). The van der Waals surface area contributed by atoms with Gasteiger partial charge >= 0.3 is 6.18 Å². The van der Waals surface area contributed by atoms with Crippen LogP contribution in [0.5, 0.6) is 0 Å². The summed E-state index contributed by atoms with van der Waals surface area (Å²) >= 11 is 0. The number of alkyl halides is 3. The molecule has 0 saturated carbocycles. The smallest absolute Gasteiger partial charge is 0.356 e. The topological polar surface area (TPSA) is 104 Å². The van der Waals surface area contributed by atoms with Gasteiger partial charge in [-0.15, -0.1) is 0 Å². The fraction of sp³-hybridized carbons (Fsp3) is 0.455. The van der Waals surface area contributed by atoms with Gasteiger partial charge in [0.25, 0.3) is 5.91 Å². The number of hydrogen-bond acceptors (Lipinski definition) is 6. The van der Waals surface area contributed by atoms with Crippen molar-refractivity contribution in [2.24, 2.45) is 7.05 Å². The van der Waals surface area contributed by atoms with Gasteiger partial charge in [0.15, 0.2) is 0 Å². The van der Waals surface area contributed by atoms with Crippen LogP contribution in [0.1, 0.15) is 40.9 Å². The standard InChI is InChI=1S/C22H25F3N8O/c1-32-12-14(9-29-32)33-7-3-5-15-16(10-27-19(15)20(33)34)18-17(22(23,24)25)11-28-21(31-18)30-13-4-2-6-26-8-13/h9-13,26-27H,2-8H2,1H3,(H,28,30,31)/t13-/m0/s1. The molecule has 9 nitrogen and oxygen atoms in total. The first kappa shape index (κ1) is 22.4. The van der Waals surface area contributed by atoms with Crippen molar-refractivity contribution in [1.82, 2.24) is 30.0 Å². The number of piperidine rings is 1. The van der Waals surface area contributed by atoms with Crippen LogP contribution >= 0.6 is 0 Å². The number of aromatic amines is 1. The summed E-state index contributed by atoms with van der Waals surface area (Å²) in [6, 6.07) is 0.0382. The van der Waals surface area contributed by atoms with Crippen molar-refractivity contribution in [3.05, 3.63) is 41.6 Å². The molecule has 3 aromatic rings. The summed E-state index contributed by atoms with van der Waals surface area (Å²) in [4.78, 5) is 26.0. The second-order valence-electron chi connectivity index (χ2n) is 8.63. The van der Waals surface area contributed by atoms with Crippen LogP contribution in [0.15, 0.2) is 24.8 Å². The number of amides is 1. The van der Waals surface area contributed by atoms with Crippen LogP contribution in [0, 0.1) is 0 Å². The van der Waals surface area contributed by atoms with E-state index >= 15 is 0 Å². The minimum Gasteiger partial charge on any atom is -0.356 e. The molecule has 0 aromatic carbocycles. The monoisotopic (exact) mass is 474 g/mol. The van der Waals surface area contributed by atoms with Gasteiger partial charge in [-0.1, -0.05) is 0 Å². The lowest BCUT2D eigenvalue weighted by molar-refractivity contribution is -0.137. The average Bonchev–Trinajstić information content (AvgIpc) is 3.38. The molecule has 0 spiro atoms. The maximum Gasteiger partial charge on any atom is 0.419 e. The van der Waals surface area contributed by atoms with E-state index in [9.17, 15) is 18.0 Å². The van der Waals surface area contributed by atoms with E-state index in [2.05, 4.69) is 30.7 Å². The summed E-state index contributed by atoms with van der Waals surface area (Å²) in [7, 11) is 1.76. The van der Waals surface area contributed by atoms with Crippen molar-refractivity contribution in [1.29, 1.82) is 0 Å². The van der Waals surface area contributed by atoms with Gasteiger partial charge < -0.3 is 20.5 Å². The zero-order valence-corrected chi connectivity index (χ0v) is 18.6. The van der Waals surface area contributed by atoms with Crippen LogP contribution in [-0.2, 0) is 19.6 Å². The number of fused-ring (bicyclic) bond motifs is 1. The van der Waals surface area contributed by atoms with Crippen LogP contribution in [0.25, 0.3) is 11.3 Å². The van der Waals surface area contributed by atoms with E-state index in [1.54, 1.807) is 29.0 Å². The zero-order valence-electron chi connectivity index (χ0n) is 18.6. The number of carbonyl (C=O) groups is 1. The van der Waals surface area contributed by atoms with Crippen LogP contribution in [0.4, 0.5) is 24.8 Å². The molecule has 0 aliphatic carbocycles. The lowest BCUT2D eigenvalue weighted by Crippen LogP contribution is -2.38. The number of nitrogens with zero attached hydrogens (tertiary/aromatic N) is 5. The summed E-state index contributed by atoms with van der Waals surface area (Å²) < 4.78 is 43.3. The first-order valence-corrected chi connectivity index (χ1v) is 11.2. The van der Waals surface area contributed by atoms with Crippen LogP contribution in [0.2, 0.25) is 0 Å². The van der Waals surface area contributed by atoms with Crippen molar-refractivity contribution in [3.8, 4) is 11.3 Å². The Hall–Kier alpha value is -3.41. The third-order valence-corrected chi connectivity index (χ3v) is 6.24. The van der Waals surface area contributed by atoms with Gasteiger partial charge in [0.2, 0.25) is 5.95 Å². The molecule has 1 atom stereocenters. The number of H-pyrrole nitrogens is 1.